The van der Waals surface area contributed by atoms with Gasteiger partial charge in [0.05, 0.1) is 7.11 Å². The Morgan fingerprint density at radius 3 is 2.29 bits per heavy atom. The molecule has 1 aliphatic rings. The molecule has 0 bridgehead atoms. The first-order valence-electron chi connectivity index (χ1n) is 11.7. The predicted octanol–water partition coefficient (Wildman–Crippen LogP) is 5.57. The average Bonchev–Trinajstić information content (AvgIpc) is 3.00. The third kappa shape index (κ3) is 6.40. The van der Waals surface area contributed by atoms with E-state index in [1.54, 1.807) is 7.11 Å². The normalized spacial score (nSPS) is 16.9. The lowest BCUT2D eigenvalue weighted by atomic mass is 9.92. The second kappa shape index (κ2) is 10.3. The number of ether oxygens (including phenoxy) is 2. The van der Waals surface area contributed by atoms with Crippen LogP contribution in [-0.2, 0) is 16.1 Å². The summed E-state index contributed by atoms with van der Waals surface area (Å²) in [6.07, 6.45) is 0.722. The van der Waals surface area contributed by atoms with Gasteiger partial charge in [0.2, 0.25) is 0 Å². The van der Waals surface area contributed by atoms with E-state index in [-0.39, 0.29) is 11.4 Å². The third-order valence-electron chi connectivity index (χ3n) is 5.87. The highest BCUT2D eigenvalue weighted by atomic mass is 16.6. The summed E-state index contributed by atoms with van der Waals surface area (Å²) in [5.41, 5.74) is 2.93. The molecule has 1 saturated heterocycles. The lowest BCUT2D eigenvalue weighted by molar-refractivity contribution is -0.128. The molecule has 0 saturated carbocycles. The fourth-order valence-corrected chi connectivity index (χ4v) is 4.19. The zero-order chi connectivity index (χ0) is 24.9. The number of methoxy groups -OCH3 is 1. The molecule has 1 N–H and O–H groups in total. The molecule has 1 heterocycles. The van der Waals surface area contributed by atoms with Gasteiger partial charge in [0, 0.05) is 30.6 Å². The highest BCUT2D eigenvalue weighted by Crippen LogP contribution is 2.39. The second-order valence-electron chi connectivity index (χ2n) is 10.2. The van der Waals surface area contributed by atoms with Crippen LogP contribution in [0.25, 0.3) is 5.57 Å². The number of alkyl carbamates (subject to hydrolysis) is 1. The van der Waals surface area contributed by atoms with Crippen LogP contribution in [0.1, 0.15) is 58.6 Å². The van der Waals surface area contributed by atoms with Gasteiger partial charge in [-0.25, -0.2) is 4.79 Å². The number of amides is 2. The molecule has 34 heavy (non-hydrogen) atoms. The second-order valence-corrected chi connectivity index (χ2v) is 10.2. The van der Waals surface area contributed by atoms with E-state index in [4.69, 9.17) is 9.47 Å². The molecule has 0 atom stereocenters. The van der Waals surface area contributed by atoms with Crippen LogP contribution < -0.4 is 10.1 Å². The van der Waals surface area contributed by atoms with Crippen LogP contribution in [0.3, 0.4) is 0 Å². The number of hydrogen-bond donors (Lipinski definition) is 1. The van der Waals surface area contributed by atoms with Crippen molar-refractivity contribution in [3.63, 3.8) is 0 Å². The van der Waals surface area contributed by atoms with Gasteiger partial charge in [-0.1, -0.05) is 42.5 Å². The molecule has 182 valence electrons. The SMILES string of the molecule is COc1ccc(CN2C(=O)/C(=C(/CCNC(=O)OC(C)(C)C)c3ccccc3)CC2(C)C)cc1. The van der Waals surface area contributed by atoms with Gasteiger partial charge >= 0.3 is 6.09 Å². The minimum absolute atomic E-state index is 0.0388. The van der Waals surface area contributed by atoms with Gasteiger partial charge < -0.3 is 19.7 Å². The molecular weight excluding hydrogens is 428 g/mol. The van der Waals surface area contributed by atoms with Crippen molar-refractivity contribution in [3.05, 3.63) is 71.3 Å². The molecule has 2 amide bonds. The molecular formula is C28H36N2O4. The maximum absolute atomic E-state index is 13.7. The van der Waals surface area contributed by atoms with E-state index in [0.29, 0.717) is 25.9 Å². The van der Waals surface area contributed by atoms with E-state index in [2.05, 4.69) is 19.2 Å². The zero-order valence-electron chi connectivity index (χ0n) is 21.1. The van der Waals surface area contributed by atoms with E-state index in [1.807, 2.05) is 80.3 Å². The van der Waals surface area contributed by atoms with Gasteiger partial charge in [-0.05, 0) is 69.9 Å². The van der Waals surface area contributed by atoms with Crippen LogP contribution >= 0.6 is 0 Å². The fraction of sp³-hybridized carbons (Fsp3) is 0.429. The summed E-state index contributed by atoms with van der Waals surface area (Å²) < 4.78 is 10.6. The van der Waals surface area contributed by atoms with Gasteiger partial charge in [-0.3, -0.25) is 4.79 Å². The van der Waals surface area contributed by atoms with E-state index >= 15 is 0 Å². The highest BCUT2D eigenvalue weighted by molar-refractivity contribution is 6.04. The zero-order valence-corrected chi connectivity index (χ0v) is 21.1. The first kappa shape index (κ1) is 25.3. The van der Waals surface area contributed by atoms with Crippen LogP contribution in [0, 0.1) is 0 Å². The predicted molar refractivity (Wildman–Crippen MR) is 134 cm³/mol. The van der Waals surface area contributed by atoms with E-state index in [0.717, 1.165) is 28.0 Å². The minimum Gasteiger partial charge on any atom is -0.497 e. The standard InChI is InChI=1S/C28H36N2O4/c1-27(2,3)34-26(32)29-17-16-23(21-10-8-7-9-11-21)24-18-28(4,5)30(25(24)31)19-20-12-14-22(33-6)15-13-20/h7-15H,16-19H2,1-6H3,(H,29,32)/b24-23-. The van der Waals surface area contributed by atoms with Crippen molar-refractivity contribution < 1.29 is 19.1 Å². The summed E-state index contributed by atoms with van der Waals surface area (Å²) in [6, 6.07) is 17.7. The molecule has 0 unspecified atom stereocenters. The number of nitrogens with zero attached hydrogens (tertiary/aromatic N) is 1. The molecule has 6 nitrogen and oxygen atoms in total. The monoisotopic (exact) mass is 464 g/mol. The van der Waals surface area contributed by atoms with Crippen LogP contribution in [0.15, 0.2) is 60.2 Å². The van der Waals surface area contributed by atoms with Gasteiger partial charge in [0.25, 0.3) is 5.91 Å². The Morgan fingerprint density at radius 1 is 1.06 bits per heavy atom. The fourth-order valence-electron chi connectivity index (χ4n) is 4.19. The maximum Gasteiger partial charge on any atom is 0.407 e. The quantitative estimate of drug-likeness (QED) is 0.544. The lowest BCUT2D eigenvalue weighted by Crippen LogP contribution is -2.40. The topological polar surface area (TPSA) is 67.9 Å². The Balaban J connectivity index is 1.85. The molecule has 1 fully saturated rings. The number of benzene rings is 2. The summed E-state index contributed by atoms with van der Waals surface area (Å²) >= 11 is 0. The Morgan fingerprint density at radius 2 is 1.71 bits per heavy atom. The number of hydrogen-bond acceptors (Lipinski definition) is 4. The van der Waals surface area contributed by atoms with Gasteiger partial charge in [0.1, 0.15) is 11.4 Å². The van der Waals surface area contributed by atoms with Crippen molar-refractivity contribution >= 4 is 17.6 Å². The molecule has 3 rings (SSSR count). The molecule has 1 aliphatic heterocycles. The molecule has 2 aromatic carbocycles. The van der Waals surface area contributed by atoms with Gasteiger partial charge in [0.15, 0.2) is 0 Å². The first-order chi connectivity index (χ1) is 16.0. The van der Waals surface area contributed by atoms with E-state index < -0.39 is 11.7 Å². The number of rotatable bonds is 7. The molecule has 6 heteroatoms. The van der Waals surface area contributed by atoms with Crippen LogP contribution in [0.2, 0.25) is 0 Å². The molecule has 0 aliphatic carbocycles. The van der Waals surface area contributed by atoms with Crippen molar-refractivity contribution in [1.29, 1.82) is 0 Å². The van der Waals surface area contributed by atoms with Crippen molar-refractivity contribution in [2.24, 2.45) is 0 Å². The smallest absolute Gasteiger partial charge is 0.407 e. The van der Waals surface area contributed by atoms with E-state index in [1.165, 1.54) is 0 Å². The highest BCUT2D eigenvalue weighted by Gasteiger charge is 2.42. The van der Waals surface area contributed by atoms with Crippen molar-refractivity contribution in [2.75, 3.05) is 13.7 Å². The number of nitrogens with one attached hydrogen (secondary N) is 1. The third-order valence-corrected chi connectivity index (χ3v) is 5.87. The Bertz CT molecular complexity index is 1030. The van der Waals surface area contributed by atoms with Gasteiger partial charge in [-0.15, -0.1) is 0 Å². The van der Waals surface area contributed by atoms with Crippen LogP contribution in [0.4, 0.5) is 4.79 Å². The van der Waals surface area contributed by atoms with E-state index in [9.17, 15) is 9.59 Å². The maximum atomic E-state index is 13.7. The minimum atomic E-state index is -0.557. The van der Waals surface area contributed by atoms with Crippen LogP contribution in [0.5, 0.6) is 5.75 Å². The van der Waals surface area contributed by atoms with Crippen molar-refractivity contribution in [1.82, 2.24) is 10.2 Å². The summed E-state index contributed by atoms with van der Waals surface area (Å²) in [5, 5.41) is 2.83. The number of carbonyl (C=O) groups is 2. The van der Waals surface area contributed by atoms with Crippen LogP contribution in [-0.4, -0.2) is 41.7 Å². The lowest BCUT2D eigenvalue weighted by Gasteiger charge is -2.31. The van der Waals surface area contributed by atoms with Crippen molar-refractivity contribution in [2.45, 2.75) is 65.1 Å². The summed E-state index contributed by atoms with van der Waals surface area (Å²) in [5.74, 6) is 0.831. The molecule has 0 aromatic heterocycles. The number of likely N-dealkylation sites (tertiary alicyclic amines) is 1. The number of carbonyl (C=O) groups excluding carboxylic acids is 2. The van der Waals surface area contributed by atoms with Crippen molar-refractivity contribution in [3.8, 4) is 5.75 Å². The largest absolute Gasteiger partial charge is 0.497 e. The molecule has 0 spiro atoms. The Kier molecular flexibility index (Phi) is 7.70. The first-order valence-corrected chi connectivity index (χ1v) is 11.7. The Labute approximate surface area is 202 Å². The van der Waals surface area contributed by atoms with Gasteiger partial charge in [-0.2, -0.15) is 0 Å². The molecule has 0 radical (unpaired) electrons. The summed E-state index contributed by atoms with van der Waals surface area (Å²) in [6.45, 7) is 10.6. The molecule has 2 aromatic rings. The Hall–Kier alpha value is -3.28. The average molecular weight is 465 g/mol. The summed E-state index contributed by atoms with van der Waals surface area (Å²) in [4.78, 5) is 27.8. The summed E-state index contributed by atoms with van der Waals surface area (Å²) in [7, 11) is 1.64.